The molecule has 122 valence electrons. The van der Waals surface area contributed by atoms with Crippen LogP contribution in [0.1, 0.15) is 52.0 Å². The summed E-state index contributed by atoms with van der Waals surface area (Å²) < 4.78 is 0. The molecule has 0 spiro atoms. The minimum Gasteiger partial charge on any atom is -0.354 e. The number of carbonyl (C=O) groups is 2. The maximum absolute atomic E-state index is 12.3. The SMILES string of the molecule is CCCCCNC(=O)C(C)N(Cc1ccccc1)C(=O)CC. The highest BCUT2D eigenvalue weighted by molar-refractivity contribution is 5.87. The normalized spacial score (nSPS) is 11.8. The average Bonchev–Trinajstić information content (AvgIpc) is 2.56. The Hall–Kier alpha value is -1.84. The second kappa shape index (κ2) is 9.98. The summed E-state index contributed by atoms with van der Waals surface area (Å²) in [6.07, 6.45) is 3.62. The molecule has 2 amide bonds. The van der Waals surface area contributed by atoms with Crippen molar-refractivity contribution in [2.75, 3.05) is 6.54 Å². The quantitative estimate of drug-likeness (QED) is 0.713. The van der Waals surface area contributed by atoms with Crippen LogP contribution in [0.15, 0.2) is 30.3 Å². The van der Waals surface area contributed by atoms with Crippen molar-refractivity contribution >= 4 is 11.8 Å². The van der Waals surface area contributed by atoms with E-state index in [0.29, 0.717) is 19.5 Å². The molecule has 1 aromatic rings. The van der Waals surface area contributed by atoms with Gasteiger partial charge in [0.1, 0.15) is 6.04 Å². The first-order valence-corrected chi connectivity index (χ1v) is 8.21. The maximum Gasteiger partial charge on any atom is 0.242 e. The van der Waals surface area contributed by atoms with Gasteiger partial charge < -0.3 is 10.2 Å². The molecule has 1 N–H and O–H groups in total. The molecular weight excluding hydrogens is 276 g/mol. The second-order valence-corrected chi connectivity index (χ2v) is 5.53. The number of nitrogens with one attached hydrogen (secondary N) is 1. The Kier molecular flexibility index (Phi) is 8.26. The van der Waals surface area contributed by atoms with Crippen LogP contribution in [0.5, 0.6) is 0 Å². The lowest BCUT2D eigenvalue weighted by atomic mass is 10.1. The molecule has 0 bridgehead atoms. The van der Waals surface area contributed by atoms with Gasteiger partial charge in [-0.05, 0) is 18.9 Å². The number of hydrogen-bond donors (Lipinski definition) is 1. The van der Waals surface area contributed by atoms with Crippen LogP contribution in [-0.2, 0) is 16.1 Å². The summed E-state index contributed by atoms with van der Waals surface area (Å²) in [5.41, 5.74) is 1.04. The number of rotatable bonds is 9. The molecule has 1 atom stereocenters. The predicted octanol–water partition coefficient (Wildman–Crippen LogP) is 3.12. The molecule has 0 aliphatic rings. The highest BCUT2D eigenvalue weighted by Crippen LogP contribution is 2.10. The summed E-state index contributed by atoms with van der Waals surface area (Å²) in [6, 6.07) is 9.33. The molecule has 4 nitrogen and oxygen atoms in total. The summed E-state index contributed by atoms with van der Waals surface area (Å²) in [5, 5.41) is 2.93. The molecule has 1 rings (SSSR count). The lowest BCUT2D eigenvalue weighted by Gasteiger charge is -2.28. The standard InChI is InChI=1S/C18H28N2O2/c1-4-6-10-13-19-18(22)15(3)20(17(21)5-2)14-16-11-8-7-9-12-16/h7-9,11-12,15H,4-6,10,13-14H2,1-3H3,(H,19,22). The molecule has 0 aromatic heterocycles. The molecule has 0 saturated carbocycles. The molecule has 4 heteroatoms. The summed E-state index contributed by atoms with van der Waals surface area (Å²) in [5.74, 6) is -0.0751. The van der Waals surface area contributed by atoms with Crippen LogP contribution >= 0.6 is 0 Å². The number of amides is 2. The van der Waals surface area contributed by atoms with Gasteiger partial charge in [-0.3, -0.25) is 9.59 Å². The third-order valence-electron chi connectivity index (χ3n) is 3.75. The van der Waals surface area contributed by atoms with Crippen molar-refractivity contribution in [2.45, 2.75) is 59.0 Å². The lowest BCUT2D eigenvalue weighted by Crippen LogP contribution is -2.47. The van der Waals surface area contributed by atoms with Crippen molar-refractivity contribution in [3.63, 3.8) is 0 Å². The predicted molar refractivity (Wildman–Crippen MR) is 89.3 cm³/mol. The number of carbonyl (C=O) groups excluding carboxylic acids is 2. The largest absolute Gasteiger partial charge is 0.354 e. The summed E-state index contributed by atoms with van der Waals surface area (Å²) in [4.78, 5) is 26.1. The molecular formula is C18H28N2O2. The average molecular weight is 304 g/mol. The van der Waals surface area contributed by atoms with Gasteiger partial charge in [-0.25, -0.2) is 0 Å². The van der Waals surface area contributed by atoms with E-state index in [-0.39, 0.29) is 11.8 Å². The third-order valence-corrected chi connectivity index (χ3v) is 3.75. The van der Waals surface area contributed by atoms with Crippen molar-refractivity contribution in [1.82, 2.24) is 10.2 Å². The van der Waals surface area contributed by atoms with E-state index in [4.69, 9.17) is 0 Å². The number of benzene rings is 1. The molecule has 1 aromatic carbocycles. The first kappa shape index (κ1) is 18.2. The number of hydrogen-bond acceptors (Lipinski definition) is 2. The van der Waals surface area contributed by atoms with Crippen LogP contribution in [0.2, 0.25) is 0 Å². The zero-order valence-corrected chi connectivity index (χ0v) is 14.0. The van der Waals surface area contributed by atoms with E-state index < -0.39 is 6.04 Å². The number of nitrogens with zero attached hydrogens (tertiary/aromatic N) is 1. The number of unbranched alkanes of at least 4 members (excludes halogenated alkanes) is 2. The molecule has 0 aliphatic heterocycles. The van der Waals surface area contributed by atoms with Crippen LogP contribution in [0.3, 0.4) is 0 Å². The lowest BCUT2D eigenvalue weighted by molar-refractivity contribution is -0.140. The van der Waals surface area contributed by atoms with Crippen LogP contribution in [-0.4, -0.2) is 29.3 Å². The molecule has 0 fully saturated rings. The van der Waals surface area contributed by atoms with Gasteiger partial charge in [-0.15, -0.1) is 0 Å². The minimum absolute atomic E-state index is 0.0000567. The van der Waals surface area contributed by atoms with Crippen molar-refractivity contribution < 1.29 is 9.59 Å². The van der Waals surface area contributed by atoms with E-state index in [2.05, 4.69) is 12.2 Å². The van der Waals surface area contributed by atoms with Gasteiger partial charge in [0.05, 0.1) is 0 Å². The third kappa shape index (κ3) is 5.88. The first-order chi connectivity index (χ1) is 10.6. The topological polar surface area (TPSA) is 49.4 Å². The van der Waals surface area contributed by atoms with Gasteiger partial charge in [0, 0.05) is 19.5 Å². The molecule has 0 radical (unpaired) electrons. The Morgan fingerprint density at radius 2 is 1.82 bits per heavy atom. The van der Waals surface area contributed by atoms with E-state index in [0.717, 1.165) is 24.8 Å². The molecule has 0 saturated heterocycles. The Bertz CT molecular complexity index is 459. The monoisotopic (exact) mass is 304 g/mol. The Morgan fingerprint density at radius 3 is 2.41 bits per heavy atom. The highest BCUT2D eigenvalue weighted by atomic mass is 16.2. The molecule has 1 unspecified atom stereocenters. The fourth-order valence-corrected chi connectivity index (χ4v) is 2.30. The van der Waals surface area contributed by atoms with Crippen LogP contribution < -0.4 is 5.32 Å². The molecule has 0 aliphatic carbocycles. The van der Waals surface area contributed by atoms with Crippen molar-refractivity contribution in [3.05, 3.63) is 35.9 Å². The van der Waals surface area contributed by atoms with Crippen molar-refractivity contribution in [2.24, 2.45) is 0 Å². The van der Waals surface area contributed by atoms with Gasteiger partial charge in [0.2, 0.25) is 11.8 Å². The fraction of sp³-hybridized carbons (Fsp3) is 0.556. The fourth-order valence-electron chi connectivity index (χ4n) is 2.30. The van der Waals surface area contributed by atoms with Gasteiger partial charge >= 0.3 is 0 Å². The van der Waals surface area contributed by atoms with E-state index in [1.54, 1.807) is 11.8 Å². The second-order valence-electron chi connectivity index (χ2n) is 5.53. The van der Waals surface area contributed by atoms with Crippen LogP contribution in [0, 0.1) is 0 Å². The molecule has 0 heterocycles. The Morgan fingerprint density at radius 1 is 1.14 bits per heavy atom. The summed E-state index contributed by atoms with van der Waals surface area (Å²) in [6.45, 7) is 6.90. The van der Waals surface area contributed by atoms with E-state index in [9.17, 15) is 9.59 Å². The maximum atomic E-state index is 12.3. The van der Waals surface area contributed by atoms with E-state index in [1.165, 1.54) is 0 Å². The van der Waals surface area contributed by atoms with Gasteiger partial charge in [-0.1, -0.05) is 57.0 Å². The van der Waals surface area contributed by atoms with Crippen LogP contribution in [0.25, 0.3) is 0 Å². The summed E-state index contributed by atoms with van der Waals surface area (Å²) >= 11 is 0. The highest BCUT2D eigenvalue weighted by Gasteiger charge is 2.24. The smallest absolute Gasteiger partial charge is 0.242 e. The van der Waals surface area contributed by atoms with Crippen LogP contribution in [0.4, 0.5) is 0 Å². The van der Waals surface area contributed by atoms with Gasteiger partial charge in [0.15, 0.2) is 0 Å². The minimum atomic E-state index is -0.450. The zero-order chi connectivity index (χ0) is 16.4. The zero-order valence-electron chi connectivity index (χ0n) is 14.0. The van der Waals surface area contributed by atoms with E-state index >= 15 is 0 Å². The Balaban J connectivity index is 2.66. The van der Waals surface area contributed by atoms with E-state index in [1.807, 2.05) is 37.3 Å². The van der Waals surface area contributed by atoms with Crippen molar-refractivity contribution in [3.8, 4) is 0 Å². The first-order valence-electron chi connectivity index (χ1n) is 8.21. The molecule has 22 heavy (non-hydrogen) atoms. The van der Waals surface area contributed by atoms with Gasteiger partial charge in [-0.2, -0.15) is 0 Å². The van der Waals surface area contributed by atoms with Gasteiger partial charge in [0.25, 0.3) is 0 Å². The summed E-state index contributed by atoms with van der Waals surface area (Å²) in [7, 11) is 0. The van der Waals surface area contributed by atoms with Crippen molar-refractivity contribution in [1.29, 1.82) is 0 Å². The Labute approximate surface area is 133 Å².